The van der Waals surface area contributed by atoms with Gasteiger partial charge in [0.25, 0.3) is 0 Å². The summed E-state index contributed by atoms with van der Waals surface area (Å²) in [7, 11) is 0. The summed E-state index contributed by atoms with van der Waals surface area (Å²) in [6.07, 6.45) is 9.21. The third kappa shape index (κ3) is 1.86. The van der Waals surface area contributed by atoms with Gasteiger partial charge in [0.05, 0.1) is 0 Å². The fraction of sp³-hybridized carbons (Fsp3) is 0.938. The van der Waals surface area contributed by atoms with Gasteiger partial charge in [-0.1, -0.05) is 20.3 Å². The zero-order valence-corrected chi connectivity index (χ0v) is 11.3. The summed E-state index contributed by atoms with van der Waals surface area (Å²) in [6, 6.07) is 0. The van der Waals surface area contributed by atoms with E-state index in [0.717, 1.165) is 42.4 Å². The Labute approximate surface area is 105 Å². The highest BCUT2D eigenvalue weighted by atomic mass is 16.1. The van der Waals surface area contributed by atoms with E-state index >= 15 is 0 Å². The Morgan fingerprint density at radius 3 is 2.71 bits per heavy atom. The summed E-state index contributed by atoms with van der Waals surface area (Å²) in [4.78, 5) is 12.1. The molecule has 3 fully saturated rings. The Hall–Kier alpha value is -0.330. The van der Waals surface area contributed by atoms with Gasteiger partial charge in [-0.2, -0.15) is 0 Å². The van der Waals surface area contributed by atoms with Crippen molar-refractivity contribution < 1.29 is 4.79 Å². The highest BCUT2D eigenvalue weighted by Crippen LogP contribution is 2.61. The number of hydrogen-bond donors (Lipinski definition) is 0. The van der Waals surface area contributed by atoms with Crippen LogP contribution in [0.1, 0.15) is 58.8 Å². The molecule has 1 nitrogen and oxygen atoms in total. The maximum Gasteiger partial charge on any atom is 0.135 e. The van der Waals surface area contributed by atoms with E-state index in [-0.39, 0.29) is 0 Å². The molecule has 96 valence electrons. The Bertz CT molecular complexity index is 309. The minimum atomic E-state index is 0.300. The van der Waals surface area contributed by atoms with E-state index < -0.39 is 0 Å². The minimum Gasteiger partial charge on any atom is -0.299 e. The van der Waals surface area contributed by atoms with E-state index in [1.54, 1.807) is 0 Å². The first-order valence-corrected chi connectivity index (χ1v) is 7.73. The number of Topliss-reactive ketones (excluding diaryl/α,β-unsaturated/α-hetero) is 1. The number of carbonyl (C=O) groups excluding carboxylic acids is 1. The van der Waals surface area contributed by atoms with Crippen LogP contribution in [0, 0.1) is 35.5 Å². The van der Waals surface area contributed by atoms with Crippen molar-refractivity contribution in [3.05, 3.63) is 0 Å². The van der Waals surface area contributed by atoms with Gasteiger partial charge in [0.2, 0.25) is 0 Å². The van der Waals surface area contributed by atoms with Gasteiger partial charge < -0.3 is 0 Å². The van der Waals surface area contributed by atoms with Gasteiger partial charge in [-0.05, 0) is 61.7 Å². The fourth-order valence-electron chi connectivity index (χ4n) is 5.13. The van der Waals surface area contributed by atoms with E-state index in [1.165, 1.54) is 32.1 Å². The normalized spacial score (nSPS) is 44.9. The summed E-state index contributed by atoms with van der Waals surface area (Å²) in [5.74, 6) is 5.62. The topological polar surface area (TPSA) is 17.1 Å². The number of rotatable bonds is 4. The van der Waals surface area contributed by atoms with Crippen molar-refractivity contribution >= 4 is 5.78 Å². The second-order valence-corrected chi connectivity index (χ2v) is 6.89. The average molecular weight is 234 g/mol. The van der Waals surface area contributed by atoms with Crippen LogP contribution >= 0.6 is 0 Å². The Morgan fingerprint density at radius 1 is 1.18 bits per heavy atom. The summed E-state index contributed by atoms with van der Waals surface area (Å²) in [5, 5.41) is 0. The largest absolute Gasteiger partial charge is 0.299 e. The molecule has 0 aromatic heterocycles. The molecule has 17 heavy (non-hydrogen) atoms. The molecule has 0 N–H and O–H groups in total. The molecule has 3 rings (SSSR count). The second kappa shape index (κ2) is 4.40. The molecular formula is C16H26O. The quantitative estimate of drug-likeness (QED) is 0.717. The van der Waals surface area contributed by atoms with Crippen LogP contribution in [0.3, 0.4) is 0 Å². The van der Waals surface area contributed by atoms with Gasteiger partial charge in [-0.25, -0.2) is 0 Å². The van der Waals surface area contributed by atoms with E-state index in [4.69, 9.17) is 0 Å². The second-order valence-electron chi connectivity index (χ2n) is 6.89. The van der Waals surface area contributed by atoms with Crippen molar-refractivity contribution in [2.45, 2.75) is 58.8 Å². The zero-order chi connectivity index (χ0) is 12.0. The SMILES string of the molecule is CCC(C)C(=O)CC1CC2CC1C1CCCC21. The lowest BCUT2D eigenvalue weighted by molar-refractivity contribution is -0.124. The standard InChI is InChI=1S/C16H26O/c1-3-10(2)16(17)9-12-7-11-8-15(12)14-6-4-5-13(11)14/h10-15H,3-9H2,1-2H3. The third-order valence-electron chi connectivity index (χ3n) is 6.19. The Balaban J connectivity index is 1.62. The molecule has 3 aliphatic rings. The molecule has 0 spiro atoms. The predicted octanol–water partition coefficient (Wildman–Crippen LogP) is 4.06. The van der Waals surface area contributed by atoms with Gasteiger partial charge >= 0.3 is 0 Å². The molecule has 0 saturated heterocycles. The third-order valence-corrected chi connectivity index (χ3v) is 6.19. The van der Waals surface area contributed by atoms with Crippen LogP contribution in [0.25, 0.3) is 0 Å². The number of carbonyl (C=O) groups is 1. The molecular weight excluding hydrogens is 208 g/mol. The summed E-state index contributed by atoms with van der Waals surface area (Å²) in [6.45, 7) is 4.24. The van der Waals surface area contributed by atoms with Crippen LogP contribution in [0.15, 0.2) is 0 Å². The van der Waals surface area contributed by atoms with Gasteiger partial charge in [-0.15, -0.1) is 0 Å². The van der Waals surface area contributed by atoms with E-state index in [9.17, 15) is 4.79 Å². The lowest BCUT2D eigenvalue weighted by Gasteiger charge is -2.31. The molecule has 1 heteroatoms. The highest BCUT2D eigenvalue weighted by Gasteiger charge is 2.53. The smallest absolute Gasteiger partial charge is 0.135 e. The van der Waals surface area contributed by atoms with Crippen LogP contribution in [0.5, 0.6) is 0 Å². The molecule has 6 atom stereocenters. The molecule has 3 aliphatic carbocycles. The Kier molecular flexibility index (Phi) is 3.04. The Morgan fingerprint density at radius 2 is 1.94 bits per heavy atom. The van der Waals surface area contributed by atoms with Gasteiger partial charge in [0, 0.05) is 12.3 Å². The lowest BCUT2D eigenvalue weighted by atomic mass is 9.73. The van der Waals surface area contributed by atoms with Crippen molar-refractivity contribution in [1.82, 2.24) is 0 Å². The monoisotopic (exact) mass is 234 g/mol. The number of hydrogen-bond acceptors (Lipinski definition) is 1. The van der Waals surface area contributed by atoms with E-state index in [1.807, 2.05) is 0 Å². The first-order valence-electron chi connectivity index (χ1n) is 7.73. The molecule has 0 amide bonds. The molecule has 0 aromatic carbocycles. The highest BCUT2D eigenvalue weighted by molar-refractivity contribution is 5.80. The van der Waals surface area contributed by atoms with Gasteiger partial charge in [0.15, 0.2) is 0 Å². The molecule has 0 aliphatic heterocycles. The number of fused-ring (bicyclic) bond motifs is 5. The first kappa shape index (κ1) is 11.7. The van der Waals surface area contributed by atoms with Crippen molar-refractivity contribution in [1.29, 1.82) is 0 Å². The summed E-state index contributed by atoms with van der Waals surface area (Å²) in [5.41, 5.74) is 0. The molecule has 6 unspecified atom stereocenters. The summed E-state index contributed by atoms with van der Waals surface area (Å²) >= 11 is 0. The maximum atomic E-state index is 12.1. The van der Waals surface area contributed by atoms with E-state index in [0.29, 0.717) is 11.7 Å². The molecule has 2 bridgehead atoms. The van der Waals surface area contributed by atoms with Crippen molar-refractivity contribution in [3.63, 3.8) is 0 Å². The average Bonchev–Trinajstić information content (AvgIpc) is 2.98. The zero-order valence-electron chi connectivity index (χ0n) is 11.3. The van der Waals surface area contributed by atoms with Crippen molar-refractivity contribution in [2.75, 3.05) is 0 Å². The molecule has 0 aromatic rings. The molecule has 0 radical (unpaired) electrons. The maximum absolute atomic E-state index is 12.1. The minimum absolute atomic E-state index is 0.300. The van der Waals surface area contributed by atoms with Crippen LogP contribution in [-0.2, 0) is 4.79 Å². The van der Waals surface area contributed by atoms with Crippen LogP contribution < -0.4 is 0 Å². The predicted molar refractivity (Wildman–Crippen MR) is 69.6 cm³/mol. The van der Waals surface area contributed by atoms with Crippen molar-refractivity contribution in [3.8, 4) is 0 Å². The van der Waals surface area contributed by atoms with Crippen molar-refractivity contribution in [2.24, 2.45) is 35.5 Å². The van der Waals surface area contributed by atoms with Crippen LogP contribution in [-0.4, -0.2) is 5.78 Å². The van der Waals surface area contributed by atoms with Gasteiger partial charge in [-0.3, -0.25) is 4.79 Å². The number of ketones is 1. The van der Waals surface area contributed by atoms with Gasteiger partial charge in [0.1, 0.15) is 5.78 Å². The van der Waals surface area contributed by atoms with Crippen LogP contribution in [0.4, 0.5) is 0 Å². The molecule has 0 heterocycles. The summed E-state index contributed by atoms with van der Waals surface area (Å²) < 4.78 is 0. The van der Waals surface area contributed by atoms with E-state index in [2.05, 4.69) is 13.8 Å². The lowest BCUT2D eigenvalue weighted by Crippen LogP contribution is -2.27. The fourth-order valence-corrected chi connectivity index (χ4v) is 5.13. The molecule has 3 saturated carbocycles. The first-order chi connectivity index (χ1) is 8.20. The van der Waals surface area contributed by atoms with Crippen LogP contribution in [0.2, 0.25) is 0 Å².